The summed E-state index contributed by atoms with van der Waals surface area (Å²) in [6.07, 6.45) is 6.53. The number of aromatic nitrogens is 2. The van der Waals surface area contributed by atoms with Gasteiger partial charge in [-0.15, -0.1) is 11.8 Å². The molecule has 2 bridgehead atoms. The number of rotatable bonds is 3. The topological polar surface area (TPSA) is 78.4 Å². The molecule has 0 aromatic carbocycles. The maximum Gasteiger partial charge on any atom is 0.407 e. The number of hydrogen-bond acceptors (Lipinski definition) is 5. The minimum atomic E-state index is -0.800. The maximum absolute atomic E-state index is 11.4. The van der Waals surface area contributed by atoms with Crippen molar-refractivity contribution in [2.45, 2.75) is 48.7 Å². The molecule has 25 heavy (non-hydrogen) atoms. The van der Waals surface area contributed by atoms with E-state index in [1.165, 1.54) is 0 Å². The molecule has 2 aromatic rings. The number of nitrogens with zero attached hydrogens (tertiary/aromatic N) is 3. The van der Waals surface area contributed by atoms with Gasteiger partial charge in [0.05, 0.1) is 5.52 Å². The second-order valence-corrected chi connectivity index (χ2v) is 7.89. The predicted octanol–water partition coefficient (Wildman–Crippen LogP) is 4.09. The standard InChI is InChI=1S/C17H19ClN4O2S/c1-25-12-6-13-14(19-8-12)7-15(18)21-16(13)20-9-4-10-2-3-11(5-9)22(10)17(23)24/h6-11H,2-5H2,1H3,(H,20,21)(H,23,24)/t9-,10+,11-. The molecule has 132 valence electrons. The van der Waals surface area contributed by atoms with Crippen LogP contribution in [0.1, 0.15) is 25.7 Å². The molecule has 1 amide bonds. The third-order valence-electron chi connectivity index (χ3n) is 5.15. The summed E-state index contributed by atoms with van der Waals surface area (Å²) in [4.78, 5) is 23.1. The van der Waals surface area contributed by atoms with E-state index in [1.807, 2.05) is 12.5 Å². The Morgan fingerprint density at radius 3 is 2.72 bits per heavy atom. The summed E-state index contributed by atoms with van der Waals surface area (Å²) in [5, 5.41) is 14.3. The average molecular weight is 379 g/mol. The zero-order valence-electron chi connectivity index (χ0n) is 13.8. The van der Waals surface area contributed by atoms with Crippen molar-refractivity contribution >= 4 is 46.2 Å². The molecule has 4 heterocycles. The molecular formula is C17H19ClN4O2S. The van der Waals surface area contributed by atoms with Crippen molar-refractivity contribution in [2.24, 2.45) is 0 Å². The van der Waals surface area contributed by atoms with Gasteiger partial charge in [0.15, 0.2) is 0 Å². The Labute approximate surface area is 155 Å². The van der Waals surface area contributed by atoms with Crippen LogP contribution in [0.15, 0.2) is 23.2 Å². The van der Waals surface area contributed by atoms with Crippen LogP contribution in [0.4, 0.5) is 10.6 Å². The fourth-order valence-electron chi connectivity index (χ4n) is 4.10. The first-order chi connectivity index (χ1) is 12.0. The molecule has 3 atom stereocenters. The van der Waals surface area contributed by atoms with Gasteiger partial charge in [0, 0.05) is 40.7 Å². The lowest BCUT2D eigenvalue weighted by Gasteiger charge is -2.37. The molecule has 6 nitrogen and oxygen atoms in total. The normalized spacial score (nSPS) is 25.4. The van der Waals surface area contributed by atoms with Gasteiger partial charge in [-0.2, -0.15) is 0 Å². The van der Waals surface area contributed by atoms with Crippen LogP contribution in [0.5, 0.6) is 0 Å². The fourth-order valence-corrected chi connectivity index (χ4v) is 4.68. The van der Waals surface area contributed by atoms with Crippen LogP contribution in [0, 0.1) is 0 Å². The molecule has 2 N–H and O–H groups in total. The first kappa shape index (κ1) is 16.7. The lowest BCUT2D eigenvalue weighted by molar-refractivity contribution is 0.0994. The Kier molecular flexibility index (Phi) is 4.37. The number of carbonyl (C=O) groups is 1. The van der Waals surface area contributed by atoms with Crippen molar-refractivity contribution in [1.29, 1.82) is 0 Å². The van der Waals surface area contributed by atoms with Crippen LogP contribution < -0.4 is 5.32 Å². The molecule has 0 unspecified atom stereocenters. The second-order valence-electron chi connectivity index (χ2n) is 6.62. The van der Waals surface area contributed by atoms with Gasteiger partial charge in [-0.25, -0.2) is 9.78 Å². The van der Waals surface area contributed by atoms with Crippen molar-refractivity contribution in [2.75, 3.05) is 11.6 Å². The average Bonchev–Trinajstić information content (AvgIpc) is 2.86. The number of piperidine rings is 1. The van der Waals surface area contributed by atoms with Crippen LogP contribution in [-0.2, 0) is 0 Å². The van der Waals surface area contributed by atoms with Crippen LogP contribution >= 0.6 is 23.4 Å². The Morgan fingerprint density at radius 1 is 1.36 bits per heavy atom. The summed E-state index contributed by atoms with van der Waals surface area (Å²) < 4.78 is 0. The number of hydrogen-bond donors (Lipinski definition) is 2. The smallest absolute Gasteiger partial charge is 0.407 e. The quantitative estimate of drug-likeness (QED) is 0.618. The molecular weight excluding hydrogens is 360 g/mol. The minimum absolute atomic E-state index is 0.0964. The molecule has 2 fully saturated rings. The molecule has 0 spiro atoms. The summed E-state index contributed by atoms with van der Waals surface area (Å²) >= 11 is 7.80. The number of carboxylic acid groups (broad SMARTS) is 1. The van der Waals surface area contributed by atoms with E-state index < -0.39 is 6.09 Å². The number of fused-ring (bicyclic) bond motifs is 3. The van der Waals surface area contributed by atoms with Crippen molar-refractivity contribution in [3.63, 3.8) is 0 Å². The van der Waals surface area contributed by atoms with Gasteiger partial charge in [0.2, 0.25) is 0 Å². The Balaban J connectivity index is 1.62. The highest BCUT2D eigenvalue weighted by Gasteiger charge is 2.43. The van der Waals surface area contributed by atoms with E-state index in [9.17, 15) is 9.90 Å². The van der Waals surface area contributed by atoms with E-state index in [1.54, 1.807) is 22.7 Å². The molecule has 0 saturated carbocycles. The maximum atomic E-state index is 11.4. The molecule has 4 rings (SSSR count). The van der Waals surface area contributed by atoms with E-state index in [-0.39, 0.29) is 18.1 Å². The van der Waals surface area contributed by atoms with E-state index in [4.69, 9.17) is 11.6 Å². The highest BCUT2D eigenvalue weighted by atomic mass is 35.5. The van der Waals surface area contributed by atoms with Crippen LogP contribution in [0.25, 0.3) is 10.9 Å². The summed E-state index contributed by atoms with van der Waals surface area (Å²) in [7, 11) is 0. The highest BCUT2D eigenvalue weighted by molar-refractivity contribution is 7.98. The van der Waals surface area contributed by atoms with Crippen LogP contribution in [0.2, 0.25) is 5.15 Å². The predicted molar refractivity (Wildman–Crippen MR) is 99.6 cm³/mol. The lowest BCUT2D eigenvalue weighted by Crippen LogP contribution is -2.49. The number of halogens is 1. The minimum Gasteiger partial charge on any atom is -0.465 e. The van der Waals surface area contributed by atoms with Crippen molar-refractivity contribution in [3.8, 4) is 0 Å². The monoisotopic (exact) mass is 378 g/mol. The summed E-state index contributed by atoms with van der Waals surface area (Å²) in [5.74, 6) is 0.735. The SMILES string of the molecule is CSc1cnc2cc(Cl)nc(N[C@H]3C[C@H]4CC[C@@H](C3)N4C(=O)O)c2c1. The van der Waals surface area contributed by atoms with Gasteiger partial charge in [0.1, 0.15) is 11.0 Å². The first-order valence-electron chi connectivity index (χ1n) is 8.33. The Morgan fingerprint density at radius 2 is 2.08 bits per heavy atom. The van der Waals surface area contributed by atoms with E-state index in [0.717, 1.165) is 47.3 Å². The number of pyridine rings is 2. The number of amides is 1. The molecule has 0 radical (unpaired) electrons. The number of anilines is 1. The lowest BCUT2D eigenvalue weighted by atomic mass is 9.97. The molecule has 2 aromatic heterocycles. The third-order valence-corrected chi connectivity index (χ3v) is 6.04. The van der Waals surface area contributed by atoms with Crippen LogP contribution in [-0.4, -0.2) is 50.4 Å². The largest absolute Gasteiger partial charge is 0.465 e. The second kappa shape index (κ2) is 6.53. The van der Waals surface area contributed by atoms with Crippen molar-refractivity contribution in [3.05, 3.63) is 23.5 Å². The first-order valence-corrected chi connectivity index (χ1v) is 9.93. The van der Waals surface area contributed by atoms with Gasteiger partial charge in [0.25, 0.3) is 0 Å². The van der Waals surface area contributed by atoms with Crippen molar-refractivity contribution in [1.82, 2.24) is 14.9 Å². The Bertz CT molecular complexity index is 820. The van der Waals surface area contributed by atoms with Gasteiger partial charge in [-0.1, -0.05) is 11.6 Å². The van der Waals surface area contributed by atoms with Gasteiger partial charge >= 0.3 is 6.09 Å². The molecule has 0 aliphatic carbocycles. The van der Waals surface area contributed by atoms with Gasteiger partial charge in [-0.3, -0.25) is 4.98 Å². The summed E-state index contributed by atoms with van der Waals surface area (Å²) in [6.45, 7) is 0. The van der Waals surface area contributed by atoms with Gasteiger partial charge < -0.3 is 15.3 Å². The molecule has 2 aliphatic rings. The highest BCUT2D eigenvalue weighted by Crippen LogP contribution is 2.37. The zero-order valence-corrected chi connectivity index (χ0v) is 15.3. The summed E-state index contributed by atoms with van der Waals surface area (Å²) in [5.41, 5.74) is 0.811. The molecule has 8 heteroatoms. The number of nitrogens with one attached hydrogen (secondary N) is 1. The van der Waals surface area contributed by atoms with E-state index in [2.05, 4.69) is 21.4 Å². The zero-order chi connectivity index (χ0) is 17.6. The van der Waals surface area contributed by atoms with E-state index in [0.29, 0.717) is 5.15 Å². The summed E-state index contributed by atoms with van der Waals surface area (Å²) in [6, 6.07) is 4.22. The van der Waals surface area contributed by atoms with Crippen LogP contribution in [0.3, 0.4) is 0 Å². The Hall–Kier alpha value is -1.73. The fraction of sp³-hybridized carbons (Fsp3) is 0.471. The molecule has 2 aliphatic heterocycles. The van der Waals surface area contributed by atoms with E-state index >= 15 is 0 Å². The third kappa shape index (κ3) is 3.11. The number of thioether (sulfide) groups is 1. The van der Waals surface area contributed by atoms with Crippen molar-refractivity contribution < 1.29 is 9.90 Å². The molecule has 2 saturated heterocycles. The van der Waals surface area contributed by atoms with Gasteiger partial charge in [-0.05, 0) is 38.0 Å².